The summed E-state index contributed by atoms with van der Waals surface area (Å²) < 4.78 is 5.27. The topological polar surface area (TPSA) is 97.7 Å². The Morgan fingerprint density at radius 2 is 1.90 bits per heavy atom. The number of nitrogens with two attached hydrogens (primary N) is 2. The van der Waals surface area contributed by atoms with E-state index in [1.54, 1.807) is 4.90 Å². The van der Waals surface area contributed by atoms with Crippen LogP contribution in [0.3, 0.4) is 0 Å². The number of rotatable bonds is 2. The molecule has 21 heavy (non-hydrogen) atoms. The molecule has 0 spiro atoms. The molecule has 1 amide bonds. The Kier molecular flexibility index (Phi) is 4.27. The first-order valence-corrected chi connectivity index (χ1v) is 8.10. The van der Waals surface area contributed by atoms with Crippen LogP contribution in [0.4, 0.5) is 10.9 Å². The Labute approximate surface area is 127 Å². The van der Waals surface area contributed by atoms with Gasteiger partial charge in [-0.1, -0.05) is 11.3 Å². The number of carbonyl (C=O) groups is 1. The third-order valence-corrected chi connectivity index (χ3v) is 5.06. The highest BCUT2D eigenvalue weighted by molar-refractivity contribution is 7.18. The highest BCUT2D eigenvalue weighted by atomic mass is 32.1. The second-order valence-corrected chi connectivity index (χ2v) is 6.42. The molecule has 0 unspecified atom stereocenters. The molecule has 1 aromatic heterocycles. The van der Waals surface area contributed by atoms with Gasteiger partial charge in [0.15, 0.2) is 5.13 Å². The highest BCUT2D eigenvalue weighted by Gasteiger charge is 2.26. The molecular formula is C13H21N5O2S. The number of hydrogen-bond acceptors (Lipinski definition) is 7. The van der Waals surface area contributed by atoms with Gasteiger partial charge in [-0.15, -0.1) is 0 Å². The van der Waals surface area contributed by atoms with E-state index in [2.05, 4.69) is 9.88 Å². The number of piperidine rings is 1. The third kappa shape index (κ3) is 3.12. The standard InChI is InChI=1S/C13H21N5O2S/c14-9-1-3-18(4-2-9)13-16-11(15)10(21-13)12(19)17-5-7-20-8-6-17/h9H,1-8,14-15H2. The number of amides is 1. The lowest BCUT2D eigenvalue weighted by atomic mass is 10.1. The van der Waals surface area contributed by atoms with Crippen molar-refractivity contribution in [2.75, 3.05) is 50.0 Å². The van der Waals surface area contributed by atoms with E-state index in [4.69, 9.17) is 16.2 Å². The molecule has 0 atom stereocenters. The van der Waals surface area contributed by atoms with Crippen LogP contribution in [0.15, 0.2) is 0 Å². The number of morpholine rings is 1. The SMILES string of the molecule is Nc1nc(N2CCC(N)CC2)sc1C(=O)N1CCOCC1. The van der Waals surface area contributed by atoms with Gasteiger partial charge in [0.2, 0.25) is 0 Å². The Morgan fingerprint density at radius 1 is 1.24 bits per heavy atom. The molecule has 8 heteroatoms. The number of ether oxygens (including phenoxy) is 1. The summed E-state index contributed by atoms with van der Waals surface area (Å²) in [5, 5.41) is 0.830. The number of aromatic nitrogens is 1. The van der Waals surface area contributed by atoms with Crippen LogP contribution in [0.1, 0.15) is 22.5 Å². The molecule has 3 heterocycles. The maximum absolute atomic E-state index is 12.5. The van der Waals surface area contributed by atoms with Gasteiger partial charge in [-0.05, 0) is 12.8 Å². The van der Waals surface area contributed by atoms with Gasteiger partial charge in [0.05, 0.1) is 13.2 Å². The summed E-state index contributed by atoms with van der Waals surface area (Å²) in [5.41, 5.74) is 11.9. The van der Waals surface area contributed by atoms with Crippen LogP contribution in [0.25, 0.3) is 0 Å². The maximum Gasteiger partial charge on any atom is 0.268 e. The largest absolute Gasteiger partial charge is 0.382 e. The van der Waals surface area contributed by atoms with Gasteiger partial charge >= 0.3 is 0 Å². The van der Waals surface area contributed by atoms with Crippen LogP contribution in [0, 0.1) is 0 Å². The predicted octanol–water partition coefficient (Wildman–Crippen LogP) is 0.125. The average Bonchev–Trinajstić information content (AvgIpc) is 2.90. The van der Waals surface area contributed by atoms with Crippen molar-refractivity contribution in [1.82, 2.24) is 9.88 Å². The van der Waals surface area contributed by atoms with Gasteiger partial charge < -0.3 is 26.0 Å². The molecule has 3 rings (SSSR count). The summed E-state index contributed by atoms with van der Waals surface area (Å²) in [4.78, 5) is 21.4. The minimum atomic E-state index is -0.0340. The van der Waals surface area contributed by atoms with Crippen molar-refractivity contribution >= 4 is 28.2 Å². The maximum atomic E-state index is 12.5. The summed E-state index contributed by atoms with van der Waals surface area (Å²) in [5.74, 6) is 0.301. The molecule has 2 saturated heterocycles. The van der Waals surface area contributed by atoms with E-state index in [-0.39, 0.29) is 11.9 Å². The molecule has 0 aliphatic carbocycles. The Hall–Kier alpha value is -1.38. The molecule has 2 aliphatic heterocycles. The molecule has 0 saturated carbocycles. The van der Waals surface area contributed by atoms with Gasteiger partial charge in [0.1, 0.15) is 10.7 Å². The molecule has 2 fully saturated rings. The van der Waals surface area contributed by atoms with Gasteiger partial charge in [0, 0.05) is 32.2 Å². The van der Waals surface area contributed by atoms with Crippen LogP contribution < -0.4 is 16.4 Å². The molecular weight excluding hydrogens is 290 g/mol. The molecule has 0 bridgehead atoms. The molecule has 1 aromatic rings. The fourth-order valence-corrected chi connectivity index (χ4v) is 3.61. The lowest BCUT2D eigenvalue weighted by molar-refractivity contribution is 0.0306. The van der Waals surface area contributed by atoms with Crippen molar-refractivity contribution in [3.05, 3.63) is 4.88 Å². The first kappa shape index (κ1) is 14.6. The van der Waals surface area contributed by atoms with Crippen molar-refractivity contribution in [2.24, 2.45) is 5.73 Å². The van der Waals surface area contributed by atoms with Crippen molar-refractivity contribution in [3.63, 3.8) is 0 Å². The second kappa shape index (κ2) is 6.17. The van der Waals surface area contributed by atoms with E-state index in [0.717, 1.165) is 31.1 Å². The minimum Gasteiger partial charge on any atom is -0.382 e. The first-order valence-electron chi connectivity index (χ1n) is 7.29. The van der Waals surface area contributed by atoms with Crippen LogP contribution in [0.2, 0.25) is 0 Å². The monoisotopic (exact) mass is 311 g/mol. The van der Waals surface area contributed by atoms with Crippen LogP contribution in [-0.2, 0) is 4.74 Å². The number of nitrogen functional groups attached to an aromatic ring is 1. The number of anilines is 2. The quantitative estimate of drug-likeness (QED) is 0.805. The number of nitrogens with zero attached hydrogens (tertiary/aromatic N) is 3. The van der Waals surface area contributed by atoms with Crippen LogP contribution >= 0.6 is 11.3 Å². The van der Waals surface area contributed by atoms with Crippen LogP contribution in [-0.4, -0.2) is 61.2 Å². The first-order chi connectivity index (χ1) is 10.1. The molecule has 0 aromatic carbocycles. The zero-order chi connectivity index (χ0) is 14.8. The number of hydrogen-bond donors (Lipinski definition) is 2. The van der Waals surface area contributed by atoms with Crippen LogP contribution in [0.5, 0.6) is 0 Å². The third-order valence-electron chi connectivity index (χ3n) is 3.94. The van der Waals surface area contributed by atoms with E-state index in [1.807, 2.05) is 0 Å². The molecule has 7 nitrogen and oxygen atoms in total. The second-order valence-electron chi connectivity index (χ2n) is 5.44. The Balaban J connectivity index is 1.73. The number of thiazole rings is 1. The summed E-state index contributed by atoms with van der Waals surface area (Å²) >= 11 is 1.39. The summed E-state index contributed by atoms with van der Waals surface area (Å²) in [6.07, 6.45) is 1.90. The van der Waals surface area contributed by atoms with Gasteiger partial charge in [-0.25, -0.2) is 4.98 Å². The van der Waals surface area contributed by atoms with E-state index < -0.39 is 0 Å². The summed E-state index contributed by atoms with van der Waals surface area (Å²) in [6, 6.07) is 0.271. The predicted molar refractivity (Wildman–Crippen MR) is 82.7 cm³/mol. The van der Waals surface area contributed by atoms with Crippen molar-refractivity contribution < 1.29 is 9.53 Å². The van der Waals surface area contributed by atoms with E-state index in [9.17, 15) is 4.79 Å². The lowest BCUT2D eigenvalue weighted by Gasteiger charge is -2.29. The molecule has 116 valence electrons. The van der Waals surface area contributed by atoms with Crippen molar-refractivity contribution in [1.29, 1.82) is 0 Å². The van der Waals surface area contributed by atoms with Gasteiger partial charge in [-0.3, -0.25) is 4.79 Å². The van der Waals surface area contributed by atoms with E-state index in [1.165, 1.54) is 11.3 Å². The average molecular weight is 311 g/mol. The normalized spacial score (nSPS) is 20.8. The summed E-state index contributed by atoms with van der Waals surface area (Å²) in [6.45, 7) is 4.15. The smallest absolute Gasteiger partial charge is 0.268 e. The Bertz CT molecular complexity index is 507. The minimum absolute atomic E-state index is 0.0340. The lowest BCUT2D eigenvalue weighted by Crippen LogP contribution is -2.40. The van der Waals surface area contributed by atoms with Crippen molar-refractivity contribution in [3.8, 4) is 0 Å². The molecule has 0 radical (unpaired) electrons. The fourth-order valence-electron chi connectivity index (χ4n) is 2.61. The zero-order valence-corrected chi connectivity index (χ0v) is 12.8. The fraction of sp³-hybridized carbons (Fsp3) is 0.692. The molecule has 2 aliphatic rings. The van der Waals surface area contributed by atoms with Crippen molar-refractivity contribution in [2.45, 2.75) is 18.9 Å². The van der Waals surface area contributed by atoms with E-state index in [0.29, 0.717) is 37.0 Å². The highest BCUT2D eigenvalue weighted by Crippen LogP contribution is 2.31. The zero-order valence-electron chi connectivity index (χ0n) is 12.0. The Morgan fingerprint density at radius 3 is 2.57 bits per heavy atom. The van der Waals surface area contributed by atoms with E-state index >= 15 is 0 Å². The van der Waals surface area contributed by atoms with Gasteiger partial charge in [0.25, 0.3) is 5.91 Å². The number of carbonyl (C=O) groups excluding carboxylic acids is 1. The summed E-state index contributed by atoms with van der Waals surface area (Å²) in [7, 11) is 0. The molecule has 4 N–H and O–H groups in total. The van der Waals surface area contributed by atoms with Gasteiger partial charge in [-0.2, -0.15) is 0 Å².